The van der Waals surface area contributed by atoms with E-state index in [9.17, 15) is 12.8 Å². The van der Waals surface area contributed by atoms with Crippen LogP contribution in [-0.4, -0.2) is 68.8 Å². The summed E-state index contributed by atoms with van der Waals surface area (Å²) in [6, 6.07) is 6.07. The molecule has 0 atom stereocenters. The second-order valence-corrected chi connectivity index (χ2v) is 12.0. The molecule has 3 N–H and O–H groups in total. The molecule has 0 amide bonds. The lowest BCUT2D eigenvalue weighted by atomic mass is 10.0. The molecule has 0 aliphatic rings. The highest BCUT2D eigenvalue weighted by Gasteiger charge is 2.22. The number of rotatable bonds is 8. The van der Waals surface area contributed by atoms with E-state index >= 15 is 4.39 Å². The molecule has 11 nitrogen and oxygen atoms in total. The Balaban J connectivity index is 1.43. The minimum atomic E-state index is -3.47. The minimum absolute atomic E-state index is 0.0821. The highest BCUT2D eigenvalue weighted by molar-refractivity contribution is 7.88. The zero-order chi connectivity index (χ0) is 29.6. The number of nitrogens with zero attached hydrogens (tertiary/aromatic N) is 6. The van der Waals surface area contributed by atoms with Crippen LogP contribution in [0.2, 0.25) is 0 Å². The highest BCUT2D eigenvalue weighted by atomic mass is 32.2. The summed E-state index contributed by atoms with van der Waals surface area (Å²) in [6.45, 7) is 0.555. The van der Waals surface area contributed by atoms with Crippen molar-refractivity contribution in [2.24, 2.45) is 0 Å². The van der Waals surface area contributed by atoms with E-state index in [0.29, 0.717) is 45.3 Å². The molecule has 0 radical (unpaired) electrons. The van der Waals surface area contributed by atoms with E-state index in [-0.39, 0.29) is 29.1 Å². The SMILES string of the molecule is CN(C)Cc1cncc(-c2ncc3[nH]nc(-c4nc5c(-c6cc(F)cc(CNS(C)(=O)=O)c6)cncc5[nH]4)c3c2F)c1. The second-order valence-electron chi connectivity index (χ2n) is 10.2. The quantitative estimate of drug-likeness (QED) is 0.241. The summed E-state index contributed by atoms with van der Waals surface area (Å²) >= 11 is 0. The zero-order valence-corrected chi connectivity index (χ0v) is 23.6. The minimum Gasteiger partial charge on any atom is -0.335 e. The summed E-state index contributed by atoms with van der Waals surface area (Å²) in [4.78, 5) is 22.7. The van der Waals surface area contributed by atoms with Gasteiger partial charge in [0.05, 0.1) is 40.6 Å². The molecule has 5 heterocycles. The Morgan fingerprint density at radius 2 is 1.69 bits per heavy atom. The maximum absolute atomic E-state index is 16.1. The van der Waals surface area contributed by atoms with Gasteiger partial charge in [0, 0.05) is 42.8 Å². The van der Waals surface area contributed by atoms with Crippen molar-refractivity contribution in [2.75, 3.05) is 20.4 Å². The van der Waals surface area contributed by atoms with E-state index in [4.69, 9.17) is 4.98 Å². The number of hydrogen-bond donors (Lipinski definition) is 3. The summed E-state index contributed by atoms with van der Waals surface area (Å²) in [5.41, 5.74) is 4.55. The van der Waals surface area contributed by atoms with Gasteiger partial charge in [-0.25, -0.2) is 26.9 Å². The van der Waals surface area contributed by atoms with E-state index in [0.717, 1.165) is 11.8 Å². The van der Waals surface area contributed by atoms with E-state index < -0.39 is 21.7 Å². The standard InChI is InChI=1S/C28H25F2N9O2S/c1-39(2)14-16-5-18(10-31-8-16)25-24(30)23-21(13-33-25)37-38-27(23)28-35-22-12-32-11-20(26(22)36-28)17-4-15(6-19(29)7-17)9-34-42(3,40)41/h4-8,10-13,34H,9,14H2,1-3H3,(H,35,36)(H,37,38). The van der Waals surface area contributed by atoms with Gasteiger partial charge < -0.3 is 9.88 Å². The number of imidazole rings is 1. The molecule has 1 aromatic carbocycles. The number of halogens is 2. The van der Waals surface area contributed by atoms with Gasteiger partial charge in [0.25, 0.3) is 0 Å². The first kappa shape index (κ1) is 27.5. The molecule has 6 aromatic rings. The molecule has 0 saturated carbocycles. The Hall–Kier alpha value is -4.66. The summed E-state index contributed by atoms with van der Waals surface area (Å²) < 4.78 is 56.1. The number of nitrogens with one attached hydrogen (secondary N) is 3. The number of aromatic nitrogens is 7. The topological polar surface area (TPSA) is 145 Å². The first-order valence-electron chi connectivity index (χ1n) is 12.8. The maximum atomic E-state index is 16.1. The average molecular weight is 590 g/mol. The molecule has 0 spiro atoms. The molecule has 214 valence electrons. The summed E-state index contributed by atoms with van der Waals surface area (Å²) in [5, 5.41) is 7.34. The number of H-pyrrole nitrogens is 2. The Bertz CT molecular complexity index is 2070. The lowest BCUT2D eigenvalue weighted by Crippen LogP contribution is -2.21. The Morgan fingerprint density at radius 1 is 0.905 bits per heavy atom. The van der Waals surface area contributed by atoms with Crippen molar-refractivity contribution in [1.82, 2.24) is 44.7 Å². The number of pyridine rings is 3. The van der Waals surface area contributed by atoms with Gasteiger partial charge in [-0.1, -0.05) is 0 Å². The van der Waals surface area contributed by atoms with Gasteiger partial charge in [-0.3, -0.25) is 20.1 Å². The van der Waals surface area contributed by atoms with Crippen LogP contribution in [0, 0.1) is 11.6 Å². The van der Waals surface area contributed by atoms with Gasteiger partial charge >= 0.3 is 0 Å². The number of benzene rings is 1. The third-order valence-electron chi connectivity index (χ3n) is 6.54. The van der Waals surface area contributed by atoms with Gasteiger partial charge in [-0.05, 0) is 55.1 Å². The summed E-state index contributed by atoms with van der Waals surface area (Å²) in [5.74, 6) is -0.849. The van der Waals surface area contributed by atoms with Gasteiger partial charge in [0.2, 0.25) is 10.0 Å². The third-order valence-corrected chi connectivity index (χ3v) is 7.21. The Labute approximate surface area is 239 Å². The molecule has 0 fully saturated rings. The molecule has 6 rings (SSSR count). The van der Waals surface area contributed by atoms with Crippen molar-refractivity contribution >= 4 is 32.0 Å². The fourth-order valence-corrected chi connectivity index (χ4v) is 5.22. The Morgan fingerprint density at radius 3 is 2.48 bits per heavy atom. The van der Waals surface area contributed by atoms with Crippen molar-refractivity contribution in [2.45, 2.75) is 13.1 Å². The maximum Gasteiger partial charge on any atom is 0.209 e. The van der Waals surface area contributed by atoms with E-state index in [1.54, 1.807) is 24.7 Å². The van der Waals surface area contributed by atoms with Gasteiger partial charge in [0.1, 0.15) is 17.2 Å². The predicted octanol–water partition coefficient (Wildman–Crippen LogP) is 4.01. The van der Waals surface area contributed by atoms with Crippen molar-refractivity contribution < 1.29 is 17.2 Å². The molecule has 0 unspecified atom stereocenters. The molecule has 42 heavy (non-hydrogen) atoms. The second kappa shape index (κ2) is 10.6. The van der Waals surface area contributed by atoms with Crippen LogP contribution in [0.15, 0.2) is 55.2 Å². The molecule has 0 aliphatic heterocycles. The fourth-order valence-electron chi connectivity index (χ4n) is 4.80. The molecule has 5 aromatic heterocycles. The molecule has 14 heteroatoms. The monoisotopic (exact) mass is 589 g/mol. The molecule has 0 aliphatic carbocycles. The smallest absolute Gasteiger partial charge is 0.209 e. The number of hydrogen-bond acceptors (Lipinski definition) is 8. The van der Waals surface area contributed by atoms with E-state index in [2.05, 4.69) is 34.9 Å². The normalized spacial score (nSPS) is 12.1. The first-order valence-corrected chi connectivity index (χ1v) is 14.6. The number of aromatic amines is 2. The number of sulfonamides is 1. The van der Waals surface area contributed by atoms with Gasteiger partial charge in [-0.15, -0.1) is 0 Å². The predicted molar refractivity (Wildman–Crippen MR) is 154 cm³/mol. The van der Waals surface area contributed by atoms with Crippen molar-refractivity contribution in [3.63, 3.8) is 0 Å². The lowest BCUT2D eigenvalue weighted by molar-refractivity contribution is 0.402. The average Bonchev–Trinajstić information content (AvgIpc) is 3.56. The fraction of sp³-hybridized carbons (Fsp3) is 0.179. The molecular weight excluding hydrogens is 564 g/mol. The first-order chi connectivity index (χ1) is 20.1. The lowest BCUT2D eigenvalue weighted by Gasteiger charge is -2.10. The van der Waals surface area contributed by atoms with Crippen LogP contribution in [0.3, 0.4) is 0 Å². The van der Waals surface area contributed by atoms with E-state index in [1.807, 2.05) is 25.1 Å². The van der Waals surface area contributed by atoms with Crippen LogP contribution >= 0.6 is 0 Å². The van der Waals surface area contributed by atoms with Crippen LogP contribution in [0.1, 0.15) is 11.1 Å². The van der Waals surface area contributed by atoms with Crippen LogP contribution in [0.5, 0.6) is 0 Å². The summed E-state index contributed by atoms with van der Waals surface area (Å²) in [7, 11) is 0.404. The Kier molecular flexibility index (Phi) is 6.96. The largest absolute Gasteiger partial charge is 0.335 e. The van der Waals surface area contributed by atoms with Crippen molar-refractivity contribution in [1.29, 1.82) is 0 Å². The van der Waals surface area contributed by atoms with Gasteiger partial charge in [-0.2, -0.15) is 5.10 Å². The molecular formula is C28H25F2N9O2S. The zero-order valence-electron chi connectivity index (χ0n) is 22.8. The third kappa shape index (κ3) is 5.46. The van der Waals surface area contributed by atoms with Crippen LogP contribution in [0.25, 0.3) is 55.8 Å². The number of fused-ring (bicyclic) bond motifs is 2. The molecule has 0 bridgehead atoms. The van der Waals surface area contributed by atoms with Crippen LogP contribution < -0.4 is 4.72 Å². The summed E-state index contributed by atoms with van der Waals surface area (Å²) in [6.07, 6.45) is 8.93. The highest BCUT2D eigenvalue weighted by Crippen LogP contribution is 2.34. The van der Waals surface area contributed by atoms with Crippen molar-refractivity contribution in [3.05, 3.63) is 78.0 Å². The van der Waals surface area contributed by atoms with Crippen LogP contribution in [0.4, 0.5) is 8.78 Å². The van der Waals surface area contributed by atoms with Crippen LogP contribution in [-0.2, 0) is 23.1 Å². The van der Waals surface area contributed by atoms with Crippen molar-refractivity contribution in [3.8, 4) is 33.9 Å². The van der Waals surface area contributed by atoms with Gasteiger partial charge in [0.15, 0.2) is 11.6 Å². The van der Waals surface area contributed by atoms with E-state index in [1.165, 1.54) is 24.5 Å². The molecule has 0 saturated heterocycles.